The first-order valence-electron chi connectivity index (χ1n) is 20.0. The lowest BCUT2D eigenvalue weighted by Gasteiger charge is -2.36. The predicted molar refractivity (Wildman–Crippen MR) is 228 cm³/mol. The number of thioether (sulfide) groups is 1. The molecule has 2 amide bonds. The van der Waals surface area contributed by atoms with Crippen LogP contribution in [-0.4, -0.2) is 85.6 Å². The molecule has 0 radical (unpaired) electrons. The molecule has 5 N–H and O–H groups in total. The van der Waals surface area contributed by atoms with Crippen LogP contribution in [0.25, 0.3) is 21.3 Å². The Bertz CT molecular complexity index is 2080. The first kappa shape index (κ1) is 41.1. The number of imidazole rings is 1. The average Bonchev–Trinajstić information content (AvgIpc) is 3.77. The number of fused-ring (bicyclic) bond motifs is 3. The SMILES string of the molecule is CCCCc1nc2c(N)nc3cc(C)sc3c2n1CC1CCN(C(=O)C2CCC(CN=CC(CNC(=O)CCCC#Cc3cnc(SC)nc3)=NN)CC2)CC1. The van der Waals surface area contributed by atoms with Gasteiger partial charge in [-0.15, -0.1) is 11.3 Å². The molecule has 0 atom stereocenters. The van der Waals surface area contributed by atoms with Crippen LogP contribution in [0.3, 0.4) is 0 Å². The van der Waals surface area contributed by atoms with E-state index in [2.05, 4.69) is 71.6 Å². The number of anilines is 1. The molecule has 0 spiro atoms. The summed E-state index contributed by atoms with van der Waals surface area (Å²) in [5.74, 6) is 14.5. The van der Waals surface area contributed by atoms with Crippen molar-refractivity contribution in [3.63, 3.8) is 0 Å². The van der Waals surface area contributed by atoms with E-state index in [-0.39, 0.29) is 18.4 Å². The fourth-order valence-electron chi connectivity index (χ4n) is 7.71. The summed E-state index contributed by atoms with van der Waals surface area (Å²) in [6, 6.07) is 2.12. The summed E-state index contributed by atoms with van der Waals surface area (Å²) in [5, 5.41) is 7.39. The number of aliphatic imine (C=N–C) groups is 1. The minimum Gasteiger partial charge on any atom is -0.382 e. The first-order valence-corrected chi connectivity index (χ1v) is 22.0. The second-order valence-electron chi connectivity index (χ2n) is 15.0. The van der Waals surface area contributed by atoms with Crippen LogP contribution in [0.15, 0.2) is 33.7 Å². The molecule has 0 aromatic carbocycles. The number of amides is 2. The maximum absolute atomic E-state index is 13.6. The van der Waals surface area contributed by atoms with Crippen LogP contribution in [0.4, 0.5) is 5.82 Å². The summed E-state index contributed by atoms with van der Waals surface area (Å²) in [6.07, 6.45) is 17.4. The van der Waals surface area contributed by atoms with Crippen LogP contribution in [-0.2, 0) is 22.6 Å². The maximum Gasteiger partial charge on any atom is 0.225 e. The Balaban J connectivity index is 0.902. The summed E-state index contributed by atoms with van der Waals surface area (Å²) >= 11 is 3.25. The number of rotatable bonds is 15. The third-order valence-electron chi connectivity index (χ3n) is 10.9. The Morgan fingerprint density at radius 2 is 1.86 bits per heavy atom. The Kier molecular flexibility index (Phi) is 14.7. The van der Waals surface area contributed by atoms with Gasteiger partial charge in [0.05, 0.1) is 33.6 Å². The Labute approximate surface area is 338 Å². The van der Waals surface area contributed by atoms with Gasteiger partial charge in [0.2, 0.25) is 11.8 Å². The van der Waals surface area contributed by atoms with E-state index in [0.717, 1.165) is 105 Å². The lowest BCUT2D eigenvalue weighted by Crippen LogP contribution is -2.43. The number of pyridine rings is 1. The van der Waals surface area contributed by atoms with Gasteiger partial charge in [-0.3, -0.25) is 14.6 Å². The number of aryl methyl sites for hydroxylation is 2. The van der Waals surface area contributed by atoms with E-state index >= 15 is 0 Å². The van der Waals surface area contributed by atoms with E-state index in [9.17, 15) is 9.59 Å². The van der Waals surface area contributed by atoms with E-state index in [0.29, 0.717) is 60.2 Å². The number of nitrogens with zero attached hydrogens (tertiary/aromatic N) is 8. The van der Waals surface area contributed by atoms with Crippen molar-refractivity contribution < 1.29 is 9.59 Å². The van der Waals surface area contributed by atoms with E-state index in [4.69, 9.17) is 16.6 Å². The number of hydrogen-bond donors (Lipinski definition) is 3. The van der Waals surface area contributed by atoms with Crippen LogP contribution in [0.2, 0.25) is 0 Å². The van der Waals surface area contributed by atoms with Crippen molar-refractivity contribution in [1.82, 2.24) is 34.7 Å². The van der Waals surface area contributed by atoms with E-state index in [1.165, 1.54) is 21.3 Å². The number of piperidine rings is 1. The highest BCUT2D eigenvalue weighted by Gasteiger charge is 2.32. The number of nitrogens with two attached hydrogens (primary N) is 2. The van der Waals surface area contributed by atoms with E-state index in [1.54, 1.807) is 29.9 Å². The Morgan fingerprint density at radius 1 is 1.09 bits per heavy atom. The molecule has 1 aliphatic heterocycles. The number of unbranched alkanes of at least 4 members (excludes halogenated alkanes) is 2. The normalized spacial score (nSPS) is 18.1. The second-order valence-corrected chi connectivity index (χ2v) is 17.0. The smallest absolute Gasteiger partial charge is 0.225 e. The van der Waals surface area contributed by atoms with Crippen LogP contribution in [0.5, 0.6) is 0 Å². The highest BCUT2D eigenvalue weighted by atomic mass is 32.2. The number of hydrazone groups is 1. The highest BCUT2D eigenvalue weighted by molar-refractivity contribution is 7.98. The first-order chi connectivity index (χ1) is 27.3. The minimum absolute atomic E-state index is 0.0807. The van der Waals surface area contributed by atoms with E-state index in [1.807, 2.05) is 6.26 Å². The van der Waals surface area contributed by atoms with Gasteiger partial charge in [0.15, 0.2) is 11.0 Å². The molecule has 1 saturated heterocycles. The van der Waals surface area contributed by atoms with Gasteiger partial charge in [-0.05, 0) is 82.4 Å². The van der Waals surface area contributed by atoms with Gasteiger partial charge >= 0.3 is 0 Å². The third kappa shape index (κ3) is 10.6. The van der Waals surface area contributed by atoms with Crippen molar-refractivity contribution in [2.45, 2.75) is 103 Å². The summed E-state index contributed by atoms with van der Waals surface area (Å²) in [7, 11) is 0. The number of nitrogen functional groups attached to an aromatic ring is 1. The topological polar surface area (TPSA) is 183 Å². The quantitative estimate of drug-likeness (QED) is 0.0241. The van der Waals surface area contributed by atoms with Crippen LogP contribution in [0, 0.1) is 36.5 Å². The summed E-state index contributed by atoms with van der Waals surface area (Å²) < 4.78 is 3.60. The molecule has 298 valence electrons. The summed E-state index contributed by atoms with van der Waals surface area (Å²) in [6.45, 7) is 7.71. The second kappa shape index (κ2) is 20.0. The zero-order valence-electron chi connectivity index (χ0n) is 32.9. The number of thiophene rings is 1. The van der Waals surface area contributed by atoms with Crippen molar-refractivity contribution >= 4 is 73.9 Å². The number of hydrogen-bond acceptors (Lipinski definition) is 12. The Morgan fingerprint density at radius 3 is 2.57 bits per heavy atom. The highest BCUT2D eigenvalue weighted by Crippen LogP contribution is 2.36. The van der Waals surface area contributed by atoms with E-state index < -0.39 is 0 Å². The standard InChI is InChI=1S/C41H55N11O2S2/c1-4-5-10-34-49-36-37(38-33(48-39(36)42)20-27(2)56-38)52(34)26-29-16-18-51(19-17-29)40(54)31-14-12-28(13-15-31)21-44-24-32(50-43)25-45-35(53)11-8-6-7-9-30-22-46-41(55-3)47-23-30/h20,22-24,28-29,31H,4-6,8,10-19,21,25-26,43H2,1-3H3,(H2,42,48)(H,45,53). The third-order valence-corrected chi connectivity index (χ3v) is 12.5. The predicted octanol–water partition coefficient (Wildman–Crippen LogP) is 6.16. The number of likely N-dealkylation sites (tertiary alicyclic amines) is 1. The van der Waals surface area contributed by atoms with Gasteiger partial charge in [0.1, 0.15) is 11.3 Å². The maximum atomic E-state index is 13.6. The van der Waals surface area contributed by atoms with Gasteiger partial charge in [0.25, 0.3) is 0 Å². The summed E-state index contributed by atoms with van der Waals surface area (Å²) in [4.78, 5) is 52.1. The fourth-order valence-corrected chi connectivity index (χ4v) is 9.03. The lowest BCUT2D eigenvalue weighted by atomic mass is 9.81. The molecule has 1 aliphatic carbocycles. The van der Waals surface area contributed by atoms with Crippen LogP contribution >= 0.6 is 23.1 Å². The molecular formula is C41H55N11O2S2. The molecule has 4 aromatic rings. The molecule has 6 rings (SSSR count). The van der Waals surface area contributed by atoms with Crippen molar-refractivity contribution in [3.05, 3.63) is 34.7 Å². The number of aromatic nitrogens is 5. The van der Waals surface area contributed by atoms with Gasteiger partial charge in [-0.2, -0.15) is 5.10 Å². The molecular weight excluding hydrogens is 743 g/mol. The zero-order valence-corrected chi connectivity index (χ0v) is 34.6. The zero-order chi connectivity index (χ0) is 39.4. The molecule has 1 saturated carbocycles. The number of nitrogens with one attached hydrogen (secondary N) is 1. The van der Waals surface area contributed by atoms with Gasteiger partial charge in [0, 0.05) is 74.8 Å². The van der Waals surface area contributed by atoms with Gasteiger partial charge in [-0.1, -0.05) is 36.9 Å². The molecule has 13 nitrogen and oxygen atoms in total. The number of carbonyl (C=O) groups is 2. The molecule has 2 fully saturated rings. The average molecular weight is 798 g/mol. The Hall–Kier alpha value is -4.55. The van der Waals surface area contributed by atoms with Gasteiger partial charge in [-0.25, -0.2) is 19.9 Å². The van der Waals surface area contributed by atoms with Crippen molar-refractivity contribution in [2.75, 3.05) is 38.2 Å². The molecule has 56 heavy (non-hydrogen) atoms. The van der Waals surface area contributed by atoms with Crippen molar-refractivity contribution in [2.24, 2.45) is 33.7 Å². The minimum atomic E-state index is -0.0807. The molecule has 5 heterocycles. The monoisotopic (exact) mass is 797 g/mol. The lowest BCUT2D eigenvalue weighted by molar-refractivity contribution is -0.138. The van der Waals surface area contributed by atoms with Gasteiger partial charge < -0.3 is 26.4 Å². The van der Waals surface area contributed by atoms with Crippen molar-refractivity contribution in [1.29, 1.82) is 0 Å². The molecule has 2 aliphatic rings. The fraction of sp³-hybridized carbons (Fsp3) is 0.561. The molecule has 0 bridgehead atoms. The largest absolute Gasteiger partial charge is 0.382 e. The summed E-state index contributed by atoms with van der Waals surface area (Å²) in [5.41, 5.74) is 10.6. The molecule has 4 aromatic heterocycles. The molecule has 15 heteroatoms. The number of carbonyl (C=O) groups excluding carboxylic acids is 2. The molecule has 0 unspecified atom stereocenters. The van der Waals surface area contributed by atoms with Crippen LogP contribution in [0.1, 0.15) is 93.8 Å². The van der Waals surface area contributed by atoms with Crippen molar-refractivity contribution in [3.8, 4) is 11.8 Å². The van der Waals surface area contributed by atoms with Crippen LogP contribution < -0.4 is 16.9 Å².